The summed E-state index contributed by atoms with van der Waals surface area (Å²) in [5.74, 6) is 0. The van der Waals surface area contributed by atoms with Crippen LogP contribution in [0.1, 0.15) is 22.4 Å². The largest absolute Gasteiger partial charge is 0.417 e. The van der Waals surface area contributed by atoms with Crippen molar-refractivity contribution in [1.29, 1.82) is 5.26 Å². The van der Waals surface area contributed by atoms with E-state index in [2.05, 4.69) is 9.97 Å². The molecule has 0 N–H and O–H groups in total. The van der Waals surface area contributed by atoms with Gasteiger partial charge in [0.25, 0.3) is 0 Å². The van der Waals surface area contributed by atoms with Crippen molar-refractivity contribution in [3.63, 3.8) is 0 Å². The van der Waals surface area contributed by atoms with Crippen molar-refractivity contribution in [1.82, 2.24) is 9.97 Å². The Morgan fingerprint density at radius 2 is 2.04 bits per heavy atom. The lowest BCUT2D eigenvalue weighted by atomic mass is 10.0. The van der Waals surface area contributed by atoms with E-state index in [-0.39, 0.29) is 5.56 Å². The van der Waals surface area contributed by atoms with Crippen molar-refractivity contribution >= 4 is 17.3 Å². The van der Waals surface area contributed by atoms with Gasteiger partial charge in [-0.25, -0.2) is 9.97 Å². The van der Waals surface area contributed by atoms with Crippen LogP contribution < -0.4 is 4.90 Å². The first-order valence-corrected chi connectivity index (χ1v) is 7.12. The monoisotopic (exact) mass is 338 g/mol. The van der Waals surface area contributed by atoms with E-state index in [1.54, 1.807) is 11.0 Å². The molecule has 1 aliphatic rings. The van der Waals surface area contributed by atoms with Crippen molar-refractivity contribution in [3.05, 3.63) is 52.1 Å². The van der Waals surface area contributed by atoms with Crippen molar-refractivity contribution in [2.45, 2.75) is 19.1 Å². The van der Waals surface area contributed by atoms with E-state index in [9.17, 15) is 13.2 Å². The third kappa shape index (κ3) is 2.94. The SMILES string of the molecule is N#Cc1ccc(N2CCc3c(Cl)ncnc3C2)cc1C(F)(F)F. The van der Waals surface area contributed by atoms with Crippen molar-refractivity contribution in [2.75, 3.05) is 11.4 Å². The van der Waals surface area contributed by atoms with Gasteiger partial charge in [-0.15, -0.1) is 0 Å². The summed E-state index contributed by atoms with van der Waals surface area (Å²) >= 11 is 6.01. The van der Waals surface area contributed by atoms with Gasteiger partial charge in [-0.2, -0.15) is 18.4 Å². The molecule has 0 fully saturated rings. The van der Waals surface area contributed by atoms with E-state index >= 15 is 0 Å². The van der Waals surface area contributed by atoms with Gasteiger partial charge in [-0.1, -0.05) is 11.6 Å². The Morgan fingerprint density at radius 1 is 1.26 bits per heavy atom. The van der Waals surface area contributed by atoms with Gasteiger partial charge in [-0.3, -0.25) is 0 Å². The van der Waals surface area contributed by atoms with Gasteiger partial charge >= 0.3 is 6.18 Å². The number of fused-ring (bicyclic) bond motifs is 1. The van der Waals surface area contributed by atoms with Crippen LogP contribution in [0.3, 0.4) is 0 Å². The van der Waals surface area contributed by atoms with Gasteiger partial charge in [0.15, 0.2) is 0 Å². The van der Waals surface area contributed by atoms with Crippen molar-refractivity contribution in [3.8, 4) is 6.07 Å². The maximum atomic E-state index is 13.1. The first-order chi connectivity index (χ1) is 10.9. The average Bonchev–Trinajstić information content (AvgIpc) is 2.53. The third-order valence-electron chi connectivity index (χ3n) is 3.75. The predicted octanol–water partition coefficient (Wildman–Crippen LogP) is 3.58. The molecule has 2 aromatic rings. The summed E-state index contributed by atoms with van der Waals surface area (Å²) in [7, 11) is 0. The van der Waals surface area contributed by atoms with Crippen molar-refractivity contribution in [2.24, 2.45) is 0 Å². The average molecular weight is 339 g/mol. The van der Waals surface area contributed by atoms with E-state index in [1.807, 2.05) is 0 Å². The van der Waals surface area contributed by atoms with Gasteiger partial charge in [-0.05, 0) is 24.6 Å². The smallest absolute Gasteiger partial charge is 0.365 e. The molecule has 0 atom stereocenters. The Morgan fingerprint density at radius 3 is 2.74 bits per heavy atom. The first-order valence-electron chi connectivity index (χ1n) is 6.74. The normalized spacial score (nSPS) is 14.3. The highest BCUT2D eigenvalue weighted by Gasteiger charge is 2.34. The summed E-state index contributed by atoms with van der Waals surface area (Å²) in [6.07, 6.45) is -2.68. The number of benzene rings is 1. The molecule has 1 aromatic heterocycles. The number of hydrogen-bond acceptors (Lipinski definition) is 4. The van der Waals surface area contributed by atoms with Crippen LogP contribution in [0, 0.1) is 11.3 Å². The summed E-state index contributed by atoms with van der Waals surface area (Å²) in [6, 6.07) is 5.30. The number of anilines is 1. The summed E-state index contributed by atoms with van der Waals surface area (Å²) in [4.78, 5) is 9.84. The molecule has 8 heteroatoms. The third-order valence-corrected chi connectivity index (χ3v) is 4.07. The molecule has 2 heterocycles. The highest BCUT2D eigenvalue weighted by atomic mass is 35.5. The Balaban J connectivity index is 1.96. The van der Waals surface area contributed by atoms with Crippen LogP contribution in [0.4, 0.5) is 18.9 Å². The van der Waals surface area contributed by atoms with Crippen molar-refractivity contribution < 1.29 is 13.2 Å². The Bertz CT molecular complexity index is 798. The molecular formula is C15H10ClF3N4. The van der Waals surface area contributed by atoms with Crippen LogP contribution in [0.2, 0.25) is 5.15 Å². The van der Waals surface area contributed by atoms with Gasteiger partial charge < -0.3 is 4.90 Å². The molecule has 0 aliphatic carbocycles. The molecule has 23 heavy (non-hydrogen) atoms. The van der Waals surface area contributed by atoms with Gasteiger partial charge in [0.2, 0.25) is 0 Å². The molecule has 1 aliphatic heterocycles. The lowest BCUT2D eigenvalue weighted by molar-refractivity contribution is -0.137. The number of rotatable bonds is 1. The zero-order chi connectivity index (χ0) is 16.6. The molecule has 118 valence electrons. The van der Waals surface area contributed by atoms with E-state index in [4.69, 9.17) is 16.9 Å². The van der Waals surface area contributed by atoms with Crippen LogP contribution in [0.5, 0.6) is 0 Å². The van der Waals surface area contributed by atoms with Crippen LogP contribution in [0.15, 0.2) is 24.5 Å². The second-order valence-electron chi connectivity index (χ2n) is 5.10. The lowest BCUT2D eigenvalue weighted by Crippen LogP contribution is -2.31. The summed E-state index contributed by atoms with van der Waals surface area (Å²) in [5.41, 5.74) is 0.619. The maximum Gasteiger partial charge on any atom is 0.417 e. The Kier molecular flexibility index (Phi) is 3.86. The van der Waals surface area contributed by atoms with E-state index in [1.165, 1.54) is 18.5 Å². The number of nitriles is 1. The highest BCUT2D eigenvalue weighted by Crippen LogP contribution is 2.35. The molecule has 0 unspecified atom stereocenters. The molecule has 0 spiro atoms. The zero-order valence-electron chi connectivity index (χ0n) is 11.7. The first kappa shape index (κ1) is 15.6. The number of nitrogens with zero attached hydrogens (tertiary/aromatic N) is 4. The van der Waals surface area contributed by atoms with E-state index in [0.717, 1.165) is 11.6 Å². The molecule has 0 bridgehead atoms. The highest BCUT2D eigenvalue weighted by molar-refractivity contribution is 6.30. The fourth-order valence-corrected chi connectivity index (χ4v) is 2.84. The Hall–Kier alpha value is -2.33. The number of halogens is 4. The van der Waals surface area contributed by atoms with Gasteiger partial charge in [0.1, 0.15) is 11.5 Å². The zero-order valence-corrected chi connectivity index (χ0v) is 12.5. The minimum Gasteiger partial charge on any atom is -0.365 e. The van der Waals surface area contributed by atoms with E-state index < -0.39 is 11.7 Å². The fourth-order valence-electron chi connectivity index (χ4n) is 2.60. The fraction of sp³-hybridized carbons (Fsp3) is 0.267. The summed E-state index contributed by atoms with van der Waals surface area (Å²) in [6.45, 7) is 0.851. The lowest BCUT2D eigenvalue weighted by Gasteiger charge is -2.30. The second kappa shape index (κ2) is 5.70. The number of aromatic nitrogens is 2. The standard InChI is InChI=1S/C15H10ClF3N4/c16-14-11-3-4-23(7-13(11)21-8-22-14)10-2-1-9(6-20)12(5-10)15(17,18)19/h1-2,5,8H,3-4,7H2. The number of alkyl halides is 3. The van der Waals surface area contributed by atoms with Crippen LogP contribution in [-0.4, -0.2) is 16.5 Å². The molecular weight excluding hydrogens is 329 g/mol. The van der Waals surface area contributed by atoms with E-state index in [0.29, 0.717) is 36.0 Å². The molecule has 0 radical (unpaired) electrons. The molecule has 1 aromatic carbocycles. The second-order valence-corrected chi connectivity index (χ2v) is 5.46. The van der Waals surface area contributed by atoms with Crippen LogP contribution >= 0.6 is 11.6 Å². The van der Waals surface area contributed by atoms with Crippen LogP contribution in [-0.2, 0) is 19.1 Å². The molecule has 0 saturated heterocycles. The maximum absolute atomic E-state index is 13.1. The minimum absolute atomic E-state index is 0.348. The van der Waals surface area contributed by atoms with Gasteiger partial charge in [0.05, 0.1) is 29.4 Å². The minimum atomic E-state index is -4.57. The topological polar surface area (TPSA) is 52.8 Å². The molecule has 0 saturated carbocycles. The van der Waals surface area contributed by atoms with Gasteiger partial charge in [0, 0.05) is 17.8 Å². The molecule has 0 amide bonds. The summed E-state index contributed by atoms with van der Waals surface area (Å²) in [5, 5.41) is 9.23. The molecule has 3 rings (SSSR count). The Labute approximate surface area is 135 Å². The predicted molar refractivity (Wildman–Crippen MR) is 78.0 cm³/mol. The number of hydrogen-bond donors (Lipinski definition) is 0. The van der Waals surface area contributed by atoms with Crippen LogP contribution in [0.25, 0.3) is 0 Å². The quantitative estimate of drug-likeness (QED) is 0.746. The molecule has 4 nitrogen and oxygen atoms in total. The summed E-state index contributed by atoms with van der Waals surface area (Å²) < 4.78 is 39.2.